The van der Waals surface area contributed by atoms with E-state index in [0.717, 1.165) is 10.1 Å². The molecule has 4 nitrogen and oxygen atoms in total. The van der Waals surface area contributed by atoms with Crippen LogP contribution in [0.4, 0.5) is 4.79 Å². The summed E-state index contributed by atoms with van der Waals surface area (Å²) in [7, 11) is 0. The molecule has 0 radical (unpaired) electrons. The molecular formula is C21H27NO3. The molecule has 1 heterocycles. The zero-order valence-electron chi connectivity index (χ0n) is 15.5. The van der Waals surface area contributed by atoms with Crippen LogP contribution in [0, 0.1) is 0 Å². The molecule has 0 aliphatic rings. The zero-order valence-corrected chi connectivity index (χ0v) is 15.5. The van der Waals surface area contributed by atoms with E-state index in [1.54, 1.807) is 48.6 Å². The molecule has 25 heavy (non-hydrogen) atoms. The summed E-state index contributed by atoms with van der Waals surface area (Å²) in [6.45, 7) is 15.3. The fraction of sp³-hybridized carbons (Fsp3) is 0.238. The van der Waals surface area contributed by atoms with Crippen LogP contribution in [0.1, 0.15) is 33.3 Å². The summed E-state index contributed by atoms with van der Waals surface area (Å²) in [5.74, 6) is 0. The molecule has 0 spiro atoms. The summed E-state index contributed by atoms with van der Waals surface area (Å²) >= 11 is 0. The summed E-state index contributed by atoms with van der Waals surface area (Å²) in [4.78, 5) is 23.8. The van der Waals surface area contributed by atoms with E-state index >= 15 is 0 Å². The number of benzene rings is 1. The fourth-order valence-electron chi connectivity index (χ4n) is 2.20. The van der Waals surface area contributed by atoms with Gasteiger partial charge in [0, 0.05) is 12.0 Å². The zero-order chi connectivity index (χ0) is 19.4. The molecule has 0 amide bonds. The van der Waals surface area contributed by atoms with Crippen molar-refractivity contribution in [1.29, 1.82) is 0 Å². The second-order valence-electron chi connectivity index (χ2n) is 4.51. The highest BCUT2D eigenvalue weighted by atomic mass is 16.4. The quantitative estimate of drug-likeness (QED) is 0.755. The highest BCUT2D eigenvalue weighted by Gasteiger charge is 2.14. The average Bonchev–Trinajstić information content (AvgIpc) is 2.64. The molecule has 0 unspecified atom stereocenters. The van der Waals surface area contributed by atoms with Crippen molar-refractivity contribution in [1.82, 2.24) is 4.57 Å². The van der Waals surface area contributed by atoms with Gasteiger partial charge in [0.2, 0.25) is 0 Å². The van der Waals surface area contributed by atoms with Gasteiger partial charge in [-0.3, -0.25) is 4.79 Å². The molecule has 1 aromatic heterocycles. The SMILES string of the molecule is C=C/C=C(\C=C)Cc1cc2ccccc2n(C(=O)O)c1=O.CC.CC. The molecule has 0 bridgehead atoms. The van der Waals surface area contributed by atoms with Crippen LogP contribution in [0.15, 0.2) is 72.1 Å². The second-order valence-corrected chi connectivity index (χ2v) is 4.51. The maximum Gasteiger partial charge on any atom is 0.419 e. The first-order chi connectivity index (χ1) is 12.1. The lowest BCUT2D eigenvalue weighted by atomic mass is 10.0. The van der Waals surface area contributed by atoms with Gasteiger partial charge in [-0.05, 0) is 23.1 Å². The van der Waals surface area contributed by atoms with Gasteiger partial charge in [0.05, 0.1) is 5.52 Å². The number of hydrogen-bond donors (Lipinski definition) is 1. The molecule has 134 valence electrons. The van der Waals surface area contributed by atoms with Crippen LogP contribution in [0.3, 0.4) is 0 Å². The summed E-state index contributed by atoms with van der Waals surface area (Å²) in [6, 6.07) is 8.62. The Hall–Kier alpha value is -2.88. The first kappa shape index (κ1) is 22.1. The molecule has 0 atom stereocenters. The minimum atomic E-state index is -1.29. The number of pyridine rings is 1. The van der Waals surface area contributed by atoms with Gasteiger partial charge >= 0.3 is 6.09 Å². The summed E-state index contributed by atoms with van der Waals surface area (Å²) in [5.41, 5.74) is 1.06. The molecule has 0 fully saturated rings. The van der Waals surface area contributed by atoms with Crippen LogP contribution >= 0.6 is 0 Å². The van der Waals surface area contributed by atoms with E-state index in [2.05, 4.69) is 13.2 Å². The van der Waals surface area contributed by atoms with Gasteiger partial charge in [-0.15, -0.1) is 0 Å². The van der Waals surface area contributed by atoms with Gasteiger partial charge in [-0.1, -0.05) is 77.3 Å². The van der Waals surface area contributed by atoms with E-state index < -0.39 is 11.7 Å². The monoisotopic (exact) mass is 341 g/mol. The van der Waals surface area contributed by atoms with Crippen molar-refractivity contribution in [2.75, 3.05) is 0 Å². The fourth-order valence-corrected chi connectivity index (χ4v) is 2.20. The van der Waals surface area contributed by atoms with Crippen LogP contribution in [0.2, 0.25) is 0 Å². The van der Waals surface area contributed by atoms with Crippen molar-refractivity contribution < 1.29 is 9.90 Å². The van der Waals surface area contributed by atoms with Crippen LogP contribution in [0.5, 0.6) is 0 Å². The van der Waals surface area contributed by atoms with Crippen LogP contribution < -0.4 is 5.56 Å². The van der Waals surface area contributed by atoms with Gasteiger partial charge in [0.15, 0.2) is 0 Å². The largest absolute Gasteiger partial charge is 0.464 e. The number of fused-ring (bicyclic) bond motifs is 1. The number of allylic oxidation sites excluding steroid dienone is 4. The number of aromatic nitrogens is 1. The van der Waals surface area contributed by atoms with Gasteiger partial charge in [-0.2, -0.15) is 0 Å². The molecule has 0 saturated carbocycles. The molecule has 4 heteroatoms. The number of carboxylic acid groups (broad SMARTS) is 1. The highest BCUT2D eigenvalue weighted by Crippen LogP contribution is 2.15. The van der Waals surface area contributed by atoms with Crippen LogP contribution in [-0.4, -0.2) is 15.8 Å². The molecule has 2 rings (SSSR count). The summed E-state index contributed by atoms with van der Waals surface area (Å²) in [6.07, 6.45) is 4.00. The van der Waals surface area contributed by atoms with Crippen LogP contribution in [-0.2, 0) is 6.42 Å². The lowest BCUT2D eigenvalue weighted by Crippen LogP contribution is -2.29. The van der Waals surface area contributed by atoms with E-state index in [9.17, 15) is 14.7 Å². The van der Waals surface area contributed by atoms with Crippen molar-refractivity contribution >= 4 is 17.0 Å². The number of para-hydroxylation sites is 1. The first-order valence-electron chi connectivity index (χ1n) is 8.39. The lowest BCUT2D eigenvalue weighted by Gasteiger charge is -2.09. The molecule has 1 aromatic carbocycles. The van der Waals surface area contributed by atoms with E-state index in [4.69, 9.17) is 0 Å². The smallest absolute Gasteiger partial charge is 0.419 e. The Labute approximate surface area is 149 Å². The average molecular weight is 341 g/mol. The molecule has 0 aliphatic carbocycles. The third kappa shape index (κ3) is 5.60. The Morgan fingerprint density at radius 1 is 1.16 bits per heavy atom. The number of carbonyl (C=O) groups is 1. The second kappa shape index (κ2) is 11.6. The van der Waals surface area contributed by atoms with Crippen molar-refractivity contribution in [3.63, 3.8) is 0 Å². The lowest BCUT2D eigenvalue weighted by molar-refractivity contribution is 0.196. The molecular weight excluding hydrogens is 314 g/mol. The maximum atomic E-state index is 12.4. The predicted octanol–water partition coefficient (Wildman–Crippen LogP) is 5.42. The molecule has 0 saturated heterocycles. The van der Waals surface area contributed by atoms with Crippen molar-refractivity contribution in [2.45, 2.75) is 34.1 Å². The number of nitrogens with zero attached hydrogens (tertiary/aromatic N) is 1. The number of hydrogen-bond acceptors (Lipinski definition) is 2. The predicted molar refractivity (Wildman–Crippen MR) is 107 cm³/mol. The van der Waals surface area contributed by atoms with Crippen molar-refractivity contribution in [3.05, 3.63) is 83.2 Å². The Bertz CT molecular complexity index is 813. The van der Waals surface area contributed by atoms with E-state index in [0.29, 0.717) is 22.9 Å². The molecule has 0 aliphatic heterocycles. The Balaban J connectivity index is 0.00000134. The van der Waals surface area contributed by atoms with Gasteiger partial charge < -0.3 is 5.11 Å². The van der Waals surface area contributed by atoms with Crippen LogP contribution in [0.25, 0.3) is 10.9 Å². The highest BCUT2D eigenvalue weighted by molar-refractivity contribution is 5.87. The Morgan fingerprint density at radius 2 is 1.76 bits per heavy atom. The van der Waals surface area contributed by atoms with Gasteiger partial charge in [0.25, 0.3) is 5.56 Å². The van der Waals surface area contributed by atoms with Gasteiger partial charge in [-0.25, -0.2) is 9.36 Å². The molecule has 2 aromatic rings. The van der Waals surface area contributed by atoms with E-state index in [-0.39, 0.29) is 0 Å². The van der Waals surface area contributed by atoms with Gasteiger partial charge in [0.1, 0.15) is 0 Å². The summed E-state index contributed by atoms with van der Waals surface area (Å²) in [5, 5.41) is 10.00. The molecule has 1 N–H and O–H groups in total. The normalized spacial score (nSPS) is 10.0. The Kier molecular flexibility index (Phi) is 10.3. The minimum absolute atomic E-state index is 0.312. The minimum Gasteiger partial charge on any atom is -0.464 e. The maximum absolute atomic E-state index is 12.4. The van der Waals surface area contributed by atoms with E-state index in [1.165, 1.54) is 0 Å². The third-order valence-electron chi connectivity index (χ3n) is 3.17. The van der Waals surface area contributed by atoms with Crippen molar-refractivity contribution in [3.8, 4) is 0 Å². The van der Waals surface area contributed by atoms with E-state index in [1.807, 2.05) is 27.7 Å². The third-order valence-corrected chi connectivity index (χ3v) is 3.17. The number of rotatable bonds is 4. The Morgan fingerprint density at radius 3 is 2.28 bits per heavy atom. The standard InChI is InChI=1S/C17H15NO3.2C2H6/c1-3-7-12(4-2)10-14-11-13-8-5-6-9-15(13)18(16(14)19)17(20)21;2*1-2/h3-9,11H,1-2,10H2,(H,20,21);2*1-2H3/b12-7+;;. The topological polar surface area (TPSA) is 59.3 Å². The van der Waals surface area contributed by atoms with Crippen molar-refractivity contribution in [2.24, 2.45) is 0 Å². The summed E-state index contributed by atoms with van der Waals surface area (Å²) < 4.78 is 0.777. The first-order valence-corrected chi connectivity index (χ1v) is 8.39.